The molecule has 0 unspecified atom stereocenters. The average Bonchev–Trinajstić information content (AvgIpc) is 3.24. The van der Waals surface area contributed by atoms with Crippen LogP contribution >= 0.6 is 0 Å². The van der Waals surface area contributed by atoms with E-state index in [0.29, 0.717) is 6.54 Å². The van der Waals surface area contributed by atoms with Crippen molar-refractivity contribution in [2.75, 3.05) is 0 Å². The molecule has 4 N–H and O–H groups in total. The number of hydrogen-bond donors (Lipinski definition) is 3. The largest absolute Gasteiger partial charge is 0.493 e. The van der Waals surface area contributed by atoms with Crippen molar-refractivity contribution in [1.29, 1.82) is 0 Å². The van der Waals surface area contributed by atoms with E-state index < -0.39 is 6.03 Å². The van der Waals surface area contributed by atoms with Crippen LogP contribution in [0, 0.1) is 12.7 Å². The Hall–Kier alpha value is -4.21. The molecule has 10 heteroatoms. The van der Waals surface area contributed by atoms with E-state index in [4.69, 9.17) is 0 Å². The zero-order valence-corrected chi connectivity index (χ0v) is 17.6. The molecule has 4 aromatic rings. The van der Waals surface area contributed by atoms with Crippen molar-refractivity contribution in [2.24, 2.45) is 12.8 Å². The van der Waals surface area contributed by atoms with E-state index in [2.05, 4.69) is 26.6 Å². The van der Waals surface area contributed by atoms with Gasteiger partial charge < -0.3 is 15.4 Å². The number of fused-ring (bicyclic) bond motifs is 1. The zero-order chi connectivity index (χ0) is 23.3. The summed E-state index contributed by atoms with van der Waals surface area (Å²) >= 11 is 0. The predicted molar refractivity (Wildman–Crippen MR) is 116 cm³/mol. The third-order valence-corrected chi connectivity index (χ3v) is 5.02. The normalized spacial score (nSPS) is 10.5. The number of primary amides is 1. The van der Waals surface area contributed by atoms with Gasteiger partial charge in [0, 0.05) is 43.4 Å². The number of halogens is 1. The van der Waals surface area contributed by atoms with E-state index in [9.17, 15) is 19.1 Å². The Morgan fingerprint density at radius 2 is 1.97 bits per heavy atom. The topological polar surface area (TPSA) is 128 Å². The molecule has 0 aliphatic carbocycles. The minimum atomic E-state index is -0.829. The predicted octanol–water partition coefficient (Wildman–Crippen LogP) is 2.37. The Morgan fingerprint density at radius 1 is 1.25 bits per heavy atom. The Labute approximate surface area is 183 Å². The maximum atomic E-state index is 13.2. The number of carbonyl (C=O) groups is 2. The van der Waals surface area contributed by atoms with Gasteiger partial charge in [-0.25, -0.2) is 14.2 Å². The van der Waals surface area contributed by atoms with Gasteiger partial charge in [-0.05, 0) is 35.7 Å². The van der Waals surface area contributed by atoms with Crippen molar-refractivity contribution in [3.63, 3.8) is 0 Å². The standard InChI is InChI=1S/C20H19FN4O.C2H4N2O2/c1-13-15(9-23-24(13)2)7-16-12-25(11-14-3-5-17(21)6-4-14)19-10-22-20(26)8-18(16)19;3-2(6)4-1-5/h3-6,8-10,12H,7,11H2,1-2H3,(H,22,26);1H,(H3,3,4,5,6). The number of hydrogen-bond acceptors (Lipinski definition) is 5. The van der Waals surface area contributed by atoms with Gasteiger partial charge in [0.15, 0.2) is 0 Å². The first-order valence-electron chi connectivity index (χ1n) is 9.66. The minimum absolute atomic E-state index is 0.00110. The lowest BCUT2D eigenvalue weighted by molar-refractivity contribution is -0.108. The number of nitrogens with one attached hydrogen (secondary N) is 1. The highest BCUT2D eigenvalue weighted by Crippen LogP contribution is 2.27. The zero-order valence-electron chi connectivity index (χ0n) is 17.6. The van der Waals surface area contributed by atoms with E-state index >= 15 is 0 Å². The number of rotatable bonds is 5. The number of pyridine rings is 1. The molecule has 3 aromatic heterocycles. The van der Waals surface area contributed by atoms with Gasteiger partial charge in [0.05, 0.1) is 17.9 Å². The van der Waals surface area contributed by atoms with Crippen molar-refractivity contribution < 1.29 is 19.1 Å². The quantitative estimate of drug-likeness (QED) is 0.412. The number of aromatic hydroxyl groups is 1. The summed E-state index contributed by atoms with van der Waals surface area (Å²) in [6.45, 7) is 2.65. The second kappa shape index (κ2) is 9.73. The summed E-state index contributed by atoms with van der Waals surface area (Å²) in [6.07, 6.45) is 6.56. The Bertz CT molecular complexity index is 1250. The number of amides is 3. The molecule has 0 aliphatic heterocycles. The molecule has 0 aliphatic rings. The summed E-state index contributed by atoms with van der Waals surface area (Å²) in [5.74, 6) is -0.244. The molecule has 3 heterocycles. The highest BCUT2D eigenvalue weighted by Gasteiger charge is 2.13. The first-order valence-corrected chi connectivity index (χ1v) is 9.66. The van der Waals surface area contributed by atoms with Crippen molar-refractivity contribution in [3.05, 3.63) is 77.1 Å². The van der Waals surface area contributed by atoms with Crippen LogP contribution in [0.1, 0.15) is 22.4 Å². The fourth-order valence-electron chi connectivity index (χ4n) is 3.29. The maximum Gasteiger partial charge on any atom is 0.318 e. The van der Waals surface area contributed by atoms with Gasteiger partial charge in [-0.2, -0.15) is 5.10 Å². The van der Waals surface area contributed by atoms with Crippen LogP contribution in [0.25, 0.3) is 10.9 Å². The first-order chi connectivity index (χ1) is 15.3. The molecule has 9 nitrogen and oxygen atoms in total. The molecular formula is C22H23FN6O3. The SMILES string of the molecule is Cc1c(Cc2cn(Cc3ccc(F)cc3)c3cnc(O)cc23)cnn1C.NC(=O)NC=O. The van der Waals surface area contributed by atoms with E-state index in [1.54, 1.807) is 29.7 Å². The van der Waals surface area contributed by atoms with Gasteiger partial charge in [-0.1, -0.05) is 12.1 Å². The molecule has 0 fully saturated rings. The first kappa shape index (κ1) is 22.5. The molecule has 1 aromatic carbocycles. The fourth-order valence-corrected chi connectivity index (χ4v) is 3.29. The lowest BCUT2D eigenvalue weighted by Gasteiger charge is -2.05. The molecular weight excluding hydrogens is 415 g/mol. The van der Waals surface area contributed by atoms with Crippen LogP contribution in [0.15, 0.2) is 48.9 Å². The van der Waals surface area contributed by atoms with Gasteiger partial charge >= 0.3 is 6.03 Å². The van der Waals surface area contributed by atoms with Crippen molar-refractivity contribution in [2.45, 2.75) is 19.9 Å². The third-order valence-electron chi connectivity index (χ3n) is 5.02. The van der Waals surface area contributed by atoms with Crippen molar-refractivity contribution in [3.8, 4) is 5.88 Å². The molecule has 166 valence electrons. The maximum absolute atomic E-state index is 13.2. The van der Waals surface area contributed by atoms with E-state index in [0.717, 1.165) is 39.7 Å². The van der Waals surface area contributed by atoms with Crippen molar-refractivity contribution in [1.82, 2.24) is 24.6 Å². The molecule has 0 spiro atoms. The number of carbonyl (C=O) groups excluding carboxylic acids is 2. The monoisotopic (exact) mass is 438 g/mol. The second-order valence-corrected chi connectivity index (χ2v) is 7.15. The number of aromatic nitrogens is 4. The lowest BCUT2D eigenvalue weighted by Crippen LogP contribution is -2.27. The number of nitrogens with zero attached hydrogens (tertiary/aromatic N) is 4. The van der Waals surface area contributed by atoms with Crippen LogP contribution in [0.3, 0.4) is 0 Å². The molecule has 32 heavy (non-hydrogen) atoms. The summed E-state index contributed by atoms with van der Waals surface area (Å²) in [5, 5.41) is 16.8. The van der Waals surface area contributed by atoms with Gasteiger partial charge in [0.2, 0.25) is 12.3 Å². The summed E-state index contributed by atoms with van der Waals surface area (Å²) in [5.41, 5.74) is 9.71. The molecule has 0 bridgehead atoms. The molecule has 4 rings (SSSR count). The van der Waals surface area contributed by atoms with Crippen LogP contribution in [-0.4, -0.2) is 36.9 Å². The van der Waals surface area contributed by atoms with Crippen LogP contribution in [0.5, 0.6) is 5.88 Å². The Balaban J connectivity index is 0.000000427. The summed E-state index contributed by atoms with van der Waals surface area (Å²) in [4.78, 5) is 22.7. The van der Waals surface area contributed by atoms with Gasteiger partial charge in [-0.3, -0.25) is 14.8 Å². The summed E-state index contributed by atoms with van der Waals surface area (Å²) in [6, 6.07) is 7.35. The molecule has 0 atom stereocenters. The van der Waals surface area contributed by atoms with Gasteiger partial charge in [0.1, 0.15) is 5.82 Å². The smallest absolute Gasteiger partial charge is 0.318 e. The molecule has 0 saturated carbocycles. The Kier molecular flexibility index (Phi) is 6.83. The van der Waals surface area contributed by atoms with Crippen molar-refractivity contribution >= 4 is 23.3 Å². The molecule has 0 radical (unpaired) electrons. The van der Waals surface area contributed by atoms with Gasteiger partial charge in [-0.15, -0.1) is 0 Å². The number of urea groups is 1. The van der Waals surface area contributed by atoms with E-state index in [-0.39, 0.29) is 18.1 Å². The average molecular weight is 438 g/mol. The fraction of sp³-hybridized carbons (Fsp3) is 0.182. The van der Waals surface area contributed by atoms with Crippen LogP contribution in [0.4, 0.5) is 9.18 Å². The summed E-state index contributed by atoms with van der Waals surface area (Å²) in [7, 11) is 1.92. The minimum Gasteiger partial charge on any atom is -0.493 e. The number of aryl methyl sites for hydroxylation is 1. The second-order valence-electron chi connectivity index (χ2n) is 7.15. The van der Waals surface area contributed by atoms with E-state index in [1.165, 1.54) is 12.1 Å². The number of imide groups is 1. The van der Waals surface area contributed by atoms with Crippen LogP contribution < -0.4 is 11.1 Å². The number of benzene rings is 1. The summed E-state index contributed by atoms with van der Waals surface area (Å²) < 4.78 is 17.1. The van der Waals surface area contributed by atoms with Gasteiger partial charge in [0.25, 0.3) is 0 Å². The Morgan fingerprint density at radius 3 is 2.53 bits per heavy atom. The van der Waals surface area contributed by atoms with Crippen LogP contribution in [0.2, 0.25) is 0 Å². The highest BCUT2D eigenvalue weighted by molar-refractivity contribution is 5.84. The molecule has 3 amide bonds. The van der Waals surface area contributed by atoms with E-state index in [1.807, 2.05) is 24.9 Å². The third kappa shape index (κ3) is 5.28. The highest BCUT2D eigenvalue weighted by atomic mass is 19.1. The molecule has 0 saturated heterocycles. The van der Waals surface area contributed by atoms with Crippen LogP contribution in [-0.2, 0) is 24.8 Å². The lowest BCUT2D eigenvalue weighted by atomic mass is 10.1. The number of nitrogens with two attached hydrogens (primary N) is 1.